The summed E-state index contributed by atoms with van der Waals surface area (Å²) in [5.74, 6) is 0. The number of benzene rings is 1. The normalized spacial score (nSPS) is 11.6. The van der Waals surface area contributed by atoms with E-state index in [9.17, 15) is 8.42 Å². The number of nitrogen functional groups attached to an aromatic ring is 1. The fourth-order valence-corrected chi connectivity index (χ4v) is 2.93. The smallest absolute Gasteiger partial charge is 0.177 e. The zero-order chi connectivity index (χ0) is 14.9. The Morgan fingerprint density at radius 1 is 1.40 bits per heavy atom. The number of nitrogens with two attached hydrogens (primary N) is 1. The van der Waals surface area contributed by atoms with Gasteiger partial charge < -0.3 is 10.6 Å². The van der Waals surface area contributed by atoms with Gasteiger partial charge in [-0.1, -0.05) is 6.07 Å². The van der Waals surface area contributed by atoms with Gasteiger partial charge in [-0.05, 0) is 12.1 Å². The average molecular weight is 294 g/mol. The topological polar surface area (TPSA) is 81.2 Å². The van der Waals surface area contributed by atoms with E-state index >= 15 is 0 Å². The third-order valence-electron chi connectivity index (χ3n) is 3.03. The number of para-hydroxylation sites is 1. The molecule has 0 saturated heterocycles. The SMILES string of the molecule is CN(Cc1cnn(C)c1)c1cccc(S(C)(=O)=O)c1N. The first-order valence-corrected chi connectivity index (χ1v) is 7.95. The average Bonchev–Trinajstić information content (AvgIpc) is 2.73. The molecule has 0 aliphatic rings. The van der Waals surface area contributed by atoms with Crippen LogP contribution in [-0.4, -0.2) is 31.5 Å². The quantitative estimate of drug-likeness (QED) is 0.852. The summed E-state index contributed by atoms with van der Waals surface area (Å²) in [6.07, 6.45) is 4.84. The second-order valence-corrected chi connectivity index (χ2v) is 6.82. The Morgan fingerprint density at radius 3 is 2.65 bits per heavy atom. The van der Waals surface area contributed by atoms with Gasteiger partial charge in [0.15, 0.2) is 9.84 Å². The van der Waals surface area contributed by atoms with Gasteiger partial charge in [-0.2, -0.15) is 5.10 Å². The highest BCUT2D eigenvalue weighted by Crippen LogP contribution is 2.29. The first-order valence-electron chi connectivity index (χ1n) is 6.06. The molecule has 0 atom stereocenters. The molecule has 0 unspecified atom stereocenters. The molecule has 0 fully saturated rings. The van der Waals surface area contributed by atoms with Crippen LogP contribution in [0.3, 0.4) is 0 Å². The van der Waals surface area contributed by atoms with Crippen LogP contribution in [0.15, 0.2) is 35.5 Å². The van der Waals surface area contributed by atoms with E-state index in [2.05, 4.69) is 5.10 Å². The lowest BCUT2D eigenvalue weighted by molar-refractivity contribution is 0.602. The van der Waals surface area contributed by atoms with Crippen LogP contribution in [-0.2, 0) is 23.4 Å². The molecule has 0 spiro atoms. The second-order valence-electron chi connectivity index (χ2n) is 4.84. The third-order valence-corrected chi connectivity index (χ3v) is 4.19. The molecule has 1 aromatic carbocycles. The van der Waals surface area contributed by atoms with Crippen LogP contribution in [0.1, 0.15) is 5.56 Å². The van der Waals surface area contributed by atoms with Crippen LogP contribution in [0.25, 0.3) is 0 Å². The lowest BCUT2D eigenvalue weighted by atomic mass is 10.2. The first kappa shape index (κ1) is 14.4. The summed E-state index contributed by atoms with van der Waals surface area (Å²) in [6, 6.07) is 5.02. The minimum Gasteiger partial charge on any atom is -0.396 e. The monoisotopic (exact) mass is 294 g/mol. The van der Waals surface area contributed by atoms with Crippen molar-refractivity contribution in [2.75, 3.05) is 23.9 Å². The summed E-state index contributed by atoms with van der Waals surface area (Å²) in [5.41, 5.74) is 7.99. The molecule has 2 aromatic rings. The maximum Gasteiger partial charge on any atom is 0.177 e. The van der Waals surface area contributed by atoms with Crippen LogP contribution < -0.4 is 10.6 Å². The summed E-state index contributed by atoms with van der Waals surface area (Å²) in [7, 11) is 0.389. The zero-order valence-electron chi connectivity index (χ0n) is 11.7. The molecule has 20 heavy (non-hydrogen) atoms. The van der Waals surface area contributed by atoms with Crippen molar-refractivity contribution in [3.05, 3.63) is 36.2 Å². The van der Waals surface area contributed by atoms with Crippen molar-refractivity contribution in [2.24, 2.45) is 7.05 Å². The van der Waals surface area contributed by atoms with E-state index in [1.807, 2.05) is 25.2 Å². The molecule has 0 aliphatic carbocycles. The highest BCUT2D eigenvalue weighted by molar-refractivity contribution is 7.90. The predicted molar refractivity (Wildman–Crippen MR) is 79.3 cm³/mol. The van der Waals surface area contributed by atoms with Gasteiger partial charge in [-0.15, -0.1) is 0 Å². The summed E-state index contributed by atoms with van der Waals surface area (Å²) >= 11 is 0. The summed E-state index contributed by atoms with van der Waals surface area (Å²) in [6.45, 7) is 0.602. The van der Waals surface area contributed by atoms with Crippen LogP contribution in [0.4, 0.5) is 11.4 Å². The Bertz CT molecular complexity index is 722. The largest absolute Gasteiger partial charge is 0.396 e. The van der Waals surface area contributed by atoms with Crippen molar-refractivity contribution in [2.45, 2.75) is 11.4 Å². The van der Waals surface area contributed by atoms with Crippen molar-refractivity contribution in [1.29, 1.82) is 0 Å². The van der Waals surface area contributed by atoms with E-state index in [-0.39, 0.29) is 10.6 Å². The highest BCUT2D eigenvalue weighted by atomic mass is 32.2. The number of hydrogen-bond acceptors (Lipinski definition) is 5. The molecule has 1 heterocycles. The van der Waals surface area contributed by atoms with Crippen molar-refractivity contribution in [3.63, 3.8) is 0 Å². The van der Waals surface area contributed by atoms with Crippen LogP contribution in [0.5, 0.6) is 0 Å². The Balaban J connectivity index is 2.33. The number of anilines is 2. The standard InChI is InChI=1S/C13H18N4O2S/c1-16(8-10-7-15-17(2)9-10)11-5-4-6-12(13(11)14)20(3,18)19/h4-7,9H,8,14H2,1-3H3. The lowest BCUT2D eigenvalue weighted by Gasteiger charge is -2.21. The van der Waals surface area contributed by atoms with Gasteiger partial charge >= 0.3 is 0 Å². The molecule has 2 rings (SSSR count). The molecule has 2 N–H and O–H groups in total. The maximum atomic E-state index is 11.7. The fraction of sp³-hybridized carbons (Fsp3) is 0.308. The fourth-order valence-electron chi connectivity index (χ4n) is 2.10. The molecule has 1 aromatic heterocycles. The van der Waals surface area contributed by atoms with E-state index in [0.29, 0.717) is 12.2 Å². The van der Waals surface area contributed by atoms with Gasteiger partial charge in [0.05, 0.1) is 22.5 Å². The number of nitrogens with zero attached hydrogens (tertiary/aromatic N) is 3. The summed E-state index contributed by atoms with van der Waals surface area (Å²) in [5, 5.41) is 4.11. The van der Waals surface area contributed by atoms with Gasteiger partial charge in [0, 0.05) is 38.7 Å². The van der Waals surface area contributed by atoms with E-state index < -0.39 is 9.84 Å². The Labute approximate surface area is 118 Å². The van der Waals surface area contributed by atoms with E-state index in [1.165, 1.54) is 6.07 Å². The third kappa shape index (κ3) is 2.93. The minimum atomic E-state index is -3.33. The number of hydrogen-bond donors (Lipinski definition) is 1. The highest BCUT2D eigenvalue weighted by Gasteiger charge is 2.16. The predicted octanol–water partition coefficient (Wildman–Crippen LogP) is 1.04. The van der Waals surface area contributed by atoms with Crippen LogP contribution in [0, 0.1) is 0 Å². The van der Waals surface area contributed by atoms with E-state index in [1.54, 1.807) is 23.0 Å². The van der Waals surface area contributed by atoms with Crippen molar-refractivity contribution >= 4 is 21.2 Å². The Morgan fingerprint density at radius 2 is 2.10 bits per heavy atom. The number of rotatable bonds is 4. The van der Waals surface area contributed by atoms with Gasteiger partial charge in [0.25, 0.3) is 0 Å². The molecule has 0 radical (unpaired) electrons. The molecular formula is C13H18N4O2S. The number of sulfone groups is 1. The van der Waals surface area contributed by atoms with Crippen molar-refractivity contribution < 1.29 is 8.42 Å². The molecule has 7 heteroatoms. The molecule has 0 bridgehead atoms. The Kier molecular flexibility index (Phi) is 3.71. The minimum absolute atomic E-state index is 0.160. The lowest BCUT2D eigenvalue weighted by Crippen LogP contribution is -2.18. The van der Waals surface area contributed by atoms with Gasteiger partial charge in [-0.3, -0.25) is 4.68 Å². The maximum absolute atomic E-state index is 11.7. The van der Waals surface area contributed by atoms with Crippen LogP contribution >= 0.6 is 0 Å². The van der Waals surface area contributed by atoms with Gasteiger partial charge in [0.2, 0.25) is 0 Å². The molecule has 0 aliphatic heterocycles. The molecular weight excluding hydrogens is 276 g/mol. The summed E-state index contributed by atoms with van der Waals surface area (Å²) < 4.78 is 25.1. The van der Waals surface area contributed by atoms with Crippen LogP contribution in [0.2, 0.25) is 0 Å². The van der Waals surface area contributed by atoms with Gasteiger partial charge in [0.1, 0.15) is 0 Å². The second kappa shape index (κ2) is 5.16. The van der Waals surface area contributed by atoms with Gasteiger partial charge in [-0.25, -0.2) is 8.42 Å². The molecule has 108 valence electrons. The summed E-state index contributed by atoms with van der Waals surface area (Å²) in [4.78, 5) is 2.06. The van der Waals surface area contributed by atoms with Crippen molar-refractivity contribution in [3.8, 4) is 0 Å². The van der Waals surface area contributed by atoms with Crippen molar-refractivity contribution in [1.82, 2.24) is 9.78 Å². The number of aryl methyl sites for hydroxylation is 1. The van der Waals surface area contributed by atoms with E-state index in [4.69, 9.17) is 5.73 Å². The zero-order valence-corrected chi connectivity index (χ0v) is 12.6. The molecule has 0 saturated carbocycles. The Hall–Kier alpha value is -2.02. The van der Waals surface area contributed by atoms with E-state index in [0.717, 1.165) is 11.8 Å². The first-order chi connectivity index (χ1) is 9.29. The molecule has 0 amide bonds. The molecule has 6 nitrogen and oxygen atoms in total. The number of aromatic nitrogens is 2.